The fourth-order valence-corrected chi connectivity index (χ4v) is 2.82. The minimum Gasteiger partial charge on any atom is -0.450 e. The van der Waals surface area contributed by atoms with Crippen molar-refractivity contribution in [2.45, 2.75) is 25.8 Å². The molecule has 1 aliphatic heterocycles. The molecule has 0 unspecified atom stereocenters. The second-order valence-electron chi connectivity index (χ2n) is 5.51. The molecule has 0 atom stereocenters. The van der Waals surface area contributed by atoms with E-state index in [1.165, 1.54) is 4.68 Å². The summed E-state index contributed by atoms with van der Waals surface area (Å²) in [6.07, 6.45) is 1.10. The van der Waals surface area contributed by atoms with Gasteiger partial charge in [-0.2, -0.15) is 0 Å². The molecular weight excluding hydrogens is 296 g/mol. The normalized spacial score (nSPS) is 15.6. The van der Waals surface area contributed by atoms with Gasteiger partial charge in [-0.05, 0) is 19.8 Å². The number of nitrogens with one attached hydrogen (secondary N) is 1. The first kappa shape index (κ1) is 15.3. The molecule has 0 saturated carbocycles. The van der Waals surface area contributed by atoms with Gasteiger partial charge < -0.3 is 9.64 Å². The number of ether oxygens (including phenoxy) is 1. The molecule has 2 aromatic rings. The molecule has 1 fully saturated rings. The number of hydrogen-bond acceptors (Lipinski definition) is 4. The Bertz CT molecular complexity index is 714. The topological polar surface area (TPSA) is 80.2 Å². The maximum absolute atomic E-state index is 12.2. The predicted molar refractivity (Wildman–Crippen MR) is 85.1 cm³/mol. The Morgan fingerprint density at radius 2 is 2.00 bits per heavy atom. The molecule has 1 saturated heterocycles. The van der Waals surface area contributed by atoms with Crippen molar-refractivity contribution in [3.8, 4) is 11.4 Å². The van der Waals surface area contributed by atoms with Gasteiger partial charge in [0.2, 0.25) is 0 Å². The molecule has 7 heteroatoms. The van der Waals surface area contributed by atoms with Crippen molar-refractivity contribution in [2.75, 3.05) is 19.7 Å². The van der Waals surface area contributed by atoms with Gasteiger partial charge in [-0.25, -0.2) is 14.3 Å². The second-order valence-corrected chi connectivity index (χ2v) is 5.51. The van der Waals surface area contributed by atoms with Crippen LogP contribution in [0.5, 0.6) is 0 Å². The number of piperidine rings is 1. The molecule has 1 amide bonds. The number of aromatic amines is 1. The second kappa shape index (κ2) is 6.68. The van der Waals surface area contributed by atoms with Crippen molar-refractivity contribution in [1.29, 1.82) is 0 Å². The molecule has 1 aromatic heterocycles. The SMILES string of the molecule is CCOC(=O)N1CCC(n2nc(-c3ccccc3)[nH]c2=O)CC1. The van der Waals surface area contributed by atoms with Crippen molar-refractivity contribution >= 4 is 6.09 Å². The number of hydrogen-bond donors (Lipinski definition) is 1. The van der Waals surface area contributed by atoms with Gasteiger partial charge in [0.1, 0.15) is 0 Å². The minimum atomic E-state index is -0.287. The molecule has 7 nitrogen and oxygen atoms in total. The number of H-pyrrole nitrogens is 1. The molecule has 2 heterocycles. The highest BCUT2D eigenvalue weighted by molar-refractivity contribution is 5.67. The number of benzene rings is 1. The van der Waals surface area contributed by atoms with Crippen LogP contribution in [0.15, 0.2) is 35.1 Å². The van der Waals surface area contributed by atoms with E-state index >= 15 is 0 Å². The van der Waals surface area contributed by atoms with Crippen LogP contribution >= 0.6 is 0 Å². The first-order chi connectivity index (χ1) is 11.2. The summed E-state index contributed by atoms with van der Waals surface area (Å²) in [5.74, 6) is 0.573. The summed E-state index contributed by atoms with van der Waals surface area (Å²) in [4.78, 5) is 28.4. The van der Waals surface area contributed by atoms with Crippen molar-refractivity contribution in [3.63, 3.8) is 0 Å². The van der Waals surface area contributed by atoms with Gasteiger partial charge in [0.05, 0.1) is 12.6 Å². The fraction of sp³-hybridized carbons (Fsp3) is 0.438. The Labute approximate surface area is 133 Å². The quantitative estimate of drug-likeness (QED) is 0.939. The third-order valence-electron chi connectivity index (χ3n) is 4.02. The number of rotatable bonds is 3. The van der Waals surface area contributed by atoms with Crippen LogP contribution in [0.25, 0.3) is 11.4 Å². The highest BCUT2D eigenvalue weighted by atomic mass is 16.6. The Morgan fingerprint density at radius 3 is 2.65 bits per heavy atom. The molecule has 1 N–H and O–H groups in total. The van der Waals surface area contributed by atoms with E-state index in [1.807, 2.05) is 30.3 Å². The summed E-state index contributed by atoms with van der Waals surface area (Å²) < 4.78 is 6.51. The molecule has 0 aliphatic carbocycles. The van der Waals surface area contributed by atoms with Crippen molar-refractivity contribution in [2.24, 2.45) is 0 Å². The maximum atomic E-state index is 12.2. The largest absolute Gasteiger partial charge is 0.450 e. The minimum absolute atomic E-state index is 0.00175. The lowest BCUT2D eigenvalue weighted by molar-refractivity contribution is 0.0912. The van der Waals surface area contributed by atoms with E-state index in [4.69, 9.17) is 4.74 Å². The number of nitrogens with zero attached hydrogens (tertiary/aromatic N) is 3. The summed E-state index contributed by atoms with van der Waals surface area (Å²) in [7, 11) is 0. The van der Waals surface area contributed by atoms with Gasteiger partial charge in [-0.15, -0.1) is 5.10 Å². The smallest absolute Gasteiger partial charge is 0.409 e. The molecule has 122 valence electrons. The lowest BCUT2D eigenvalue weighted by Crippen LogP contribution is -2.41. The van der Waals surface area contributed by atoms with Crippen molar-refractivity contribution in [3.05, 3.63) is 40.8 Å². The fourth-order valence-electron chi connectivity index (χ4n) is 2.82. The van der Waals surface area contributed by atoms with Gasteiger partial charge in [0.25, 0.3) is 0 Å². The maximum Gasteiger partial charge on any atom is 0.409 e. The van der Waals surface area contributed by atoms with Crippen LogP contribution in [-0.2, 0) is 4.74 Å². The number of carbonyl (C=O) groups is 1. The predicted octanol–water partition coefficient (Wildman–Crippen LogP) is 2.03. The van der Waals surface area contributed by atoms with Gasteiger partial charge in [-0.3, -0.25) is 4.98 Å². The Morgan fingerprint density at radius 1 is 1.30 bits per heavy atom. The molecule has 1 aliphatic rings. The molecular formula is C16H20N4O3. The van der Waals surface area contributed by atoms with Gasteiger partial charge in [0, 0.05) is 18.7 Å². The Kier molecular flexibility index (Phi) is 4.45. The van der Waals surface area contributed by atoms with E-state index in [2.05, 4.69) is 10.1 Å². The van der Waals surface area contributed by atoms with E-state index in [0.29, 0.717) is 38.4 Å². The van der Waals surface area contributed by atoms with Crippen molar-refractivity contribution < 1.29 is 9.53 Å². The van der Waals surface area contributed by atoms with Gasteiger partial charge in [-0.1, -0.05) is 30.3 Å². The third kappa shape index (κ3) is 3.28. The zero-order valence-corrected chi connectivity index (χ0v) is 13.1. The zero-order chi connectivity index (χ0) is 16.2. The Hall–Kier alpha value is -2.57. The third-order valence-corrected chi connectivity index (χ3v) is 4.02. The van der Waals surface area contributed by atoms with Crippen LogP contribution in [0.2, 0.25) is 0 Å². The lowest BCUT2D eigenvalue weighted by atomic mass is 10.1. The molecule has 0 bridgehead atoms. The number of aromatic nitrogens is 3. The summed E-state index contributed by atoms with van der Waals surface area (Å²) >= 11 is 0. The molecule has 23 heavy (non-hydrogen) atoms. The number of carbonyl (C=O) groups excluding carboxylic acids is 1. The lowest BCUT2D eigenvalue weighted by Gasteiger charge is -2.30. The number of likely N-dealkylation sites (tertiary alicyclic amines) is 1. The van der Waals surface area contributed by atoms with Crippen LogP contribution in [0.1, 0.15) is 25.8 Å². The van der Waals surface area contributed by atoms with Crippen LogP contribution in [0, 0.1) is 0 Å². The molecule has 3 rings (SSSR count). The Balaban J connectivity index is 1.71. The average Bonchev–Trinajstić information content (AvgIpc) is 2.98. The van der Waals surface area contributed by atoms with Crippen LogP contribution in [-0.4, -0.2) is 45.5 Å². The molecule has 1 aromatic carbocycles. The van der Waals surface area contributed by atoms with E-state index in [0.717, 1.165) is 5.56 Å². The van der Waals surface area contributed by atoms with Gasteiger partial charge in [0.15, 0.2) is 5.82 Å². The number of amides is 1. The van der Waals surface area contributed by atoms with E-state index in [1.54, 1.807) is 11.8 Å². The van der Waals surface area contributed by atoms with Crippen LogP contribution in [0.4, 0.5) is 4.79 Å². The van der Waals surface area contributed by atoms with E-state index in [9.17, 15) is 9.59 Å². The van der Waals surface area contributed by atoms with E-state index < -0.39 is 0 Å². The summed E-state index contributed by atoms with van der Waals surface area (Å²) in [6, 6.07) is 9.55. The van der Waals surface area contributed by atoms with Gasteiger partial charge >= 0.3 is 11.8 Å². The monoisotopic (exact) mass is 316 g/mol. The first-order valence-electron chi connectivity index (χ1n) is 7.85. The molecule has 0 radical (unpaired) electrons. The summed E-state index contributed by atoms with van der Waals surface area (Å²) in [5.41, 5.74) is 0.672. The zero-order valence-electron chi connectivity index (χ0n) is 13.1. The van der Waals surface area contributed by atoms with Crippen molar-refractivity contribution in [1.82, 2.24) is 19.7 Å². The summed E-state index contributed by atoms with van der Waals surface area (Å²) in [6.45, 7) is 3.31. The molecule has 0 spiro atoms. The van der Waals surface area contributed by atoms with E-state index in [-0.39, 0.29) is 17.8 Å². The first-order valence-corrected chi connectivity index (χ1v) is 7.85. The summed E-state index contributed by atoms with van der Waals surface area (Å²) in [5, 5.41) is 4.42. The van der Waals surface area contributed by atoms with Crippen LogP contribution < -0.4 is 5.69 Å². The van der Waals surface area contributed by atoms with Crippen LogP contribution in [0.3, 0.4) is 0 Å². The highest BCUT2D eigenvalue weighted by Gasteiger charge is 2.26. The average molecular weight is 316 g/mol. The highest BCUT2D eigenvalue weighted by Crippen LogP contribution is 2.22. The standard InChI is InChI=1S/C16H20N4O3/c1-2-23-16(22)19-10-8-13(9-11-19)20-15(21)17-14(18-20)12-6-4-3-5-7-12/h3-7,13H,2,8-11H2,1H3,(H,17,18,21).